The van der Waals surface area contributed by atoms with Gasteiger partial charge in [0.05, 0.1) is 12.0 Å². The van der Waals surface area contributed by atoms with Crippen molar-refractivity contribution in [2.45, 2.75) is 6.61 Å². The number of hydrogen-bond acceptors (Lipinski definition) is 3. The molecule has 0 fully saturated rings. The number of allylic oxidation sites excluding steroid dienone is 4. The lowest BCUT2D eigenvalue weighted by molar-refractivity contribution is 0.305. The van der Waals surface area contributed by atoms with Gasteiger partial charge in [0.15, 0.2) is 5.58 Å². The molecule has 0 radical (unpaired) electrons. The van der Waals surface area contributed by atoms with E-state index in [9.17, 15) is 4.39 Å². The van der Waals surface area contributed by atoms with Crippen LogP contribution in [0, 0.1) is 5.82 Å². The van der Waals surface area contributed by atoms with Crippen LogP contribution in [0.25, 0.3) is 11.0 Å². The summed E-state index contributed by atoms with van der Waals surface area (Å²) in [6.07, 6.45) is 6.97. The topological polar surface area (TPSA) is 34.7 Å². The Balaban J connectivity index is 1.78. The highest BCUT2D eigenvalue weighted by molar-refractivity contribution is 6.16. The standard InChI is InChI=1S/C28H22FNO2/c1-3-9-21(4-2)27(22-10-6-5-7-11-22)30-26-17-20(16-23-14-15-31-28(23)26)19-32-25-13-8-12-24(29)18-25/h3-18H,1-2,19H2/b21-9+,30-27?. The molecule has 0 N–H and O–H groups in total. The third-order valence-electron chi connectivity index (χ3n) is 4.86. The normalized spacial score (nSPS) is 12.0. The summed E-state index contributed by atoms with van der Waals surface area (Å²) in [6.45, 7) is 8.01. The maximum Gasteiger partial charge on any atom is 0.159 e. The van der Waals surface area contributed by atoms with Crippen LogP contribution in [0.15, 0.2) is 125 Å². The SMILES string of the molecule is C=C/C=C(\C=C)C(=Nc1cc(COc2cccc(F)c2)cc2ccoc12)c1ccccc1. The lowest BCUT2D eigenvalue weighted by atomic mass is 10.0. The Morgan fingerprint density at radius 1 is 1.00 bits per heavy atom. The second-order valence-electron chi connectivity index (χ2n) is 7.09. The molecule has 4 aromatic rings. The summed E-state index contributed by atoms with van der Waals surface area (Å²) in [5.74, 6) is 0.131. The van der Waals surface area contributed by atoms with E-state index in [1.54, 1.807) is 30.5 Å². The summed E-state index contributed by atoms with van der Waals surface area (Å²) in [5.41, 5.74) is 4.77. The first-order chi connectivity index (χ1) is 15.7. The third-order valence-corrected chi connectivity index (χ3v) is 4.86. The molecule has 4 heteroatoms. The van der Waals surface area contributed by atoms with Crippen molar-refractivity contribution >= 4 is 22.4 Å². The molecule has 0 unspecified atom stereocenters. The number of fused-ring (bicyclic) bond motifs is 1. The quantitative estimate of drug-likeness (QED) is 0.216. The van der Waals surface area contributed by atoms with Crippen LogP contribution in [0.1, 0.15) is 11.1 Å². The van der Waals surface area contributed by atoms with Crippen LogP contribution in [0.4, 0.5) is 10.1 Å². The van der Waals surface area contributed by atoms with Crippen LogP contribution in [0.5, 0.6) is 5.75 Å². The van der Waals surface area contributed by atoms with E-state index in [-0.39, 0.29) is 12.4 Å². The maximum atomic E-state index is 13.5. The lowest BCUT2D eigenvalue weighted by Crippen LogP contribution is -2.03. The Labute approximate surface area is 186 Å². The van der Waals surface area contributed by atoms with E-state index in [1.807, 2.05) is 54.6 Å². The summed E-state index contributed by atoms with van der Waals surface area (Å²) in [4.78, 5) is 4.97. The minimum absolute atomic E-state index is 0.268. The van der Waals surface area contributed by atoms with E-state index in [2.05, 4.69) is 13.2 Å². The van der Waals surface area contributed by atoms with E-state index >= 15 is 0 Å². The van der Waals surface area contributed by atoms with Gasteiger partial charge in [-0.2, -0.15) is 0 Å². The van der Waals surface area contributed by atoms with Gasteiger partial charge in [0.25, 0.3) is 0 Å². The number of benzene rings is 3. The van der Waals surface area contributed by atoms with Crippen molar-refractivity contribution in [1.29, 1.82) is 0 Å². The van der Waals surface area contributed by atoms with Gasteiger partial charge in [0.1, 0.15) is 23.9 Å². The van der Waals surface area contributed by atoms with E-state index in [0.717, 1.165) is 27.8 Å². The predicted molar refractivity (Wildman–Crippen MR) is 128 cm³/mol. The van der Waals surface area contributed by atoms with Crippen LogP contribution >= 0.6 is 0 Å². The molecule has 0 aliphatic heterocycles. The molecule has 1 heterocycles. The van der Waals surface area contributed by atoms with Crippen molar-refractivity contribution in [3.8, 4) is 5.75 Å². The highest BCUT2D eigenvalue weighted by Crippen LogP contribution is 2.31. The van der Waals surface area contributed by atoms with Gasteiger partial charge in [-0.3, -0.25) is 0 Å². The van der Waals surface area contributed by atoms with Crippen LogP contribution in [0.3, 0.4) is 0 Å². The summed E-state index contributed by atoms with van der Waals surface area (Å²) >= 11 is 0. The summed E-state index contributed by atoms with van der Waals surface area (Å²) in [6, 6.07) is 21.8. The first-order valence-electron chi connectivity index (χ1n) is 10.2. The zero-order chi connectivity index (χ0) is 22.3. The molecule has 0 saturated heterocycles. The first-order valence-corrected chi connectivity index (χ1v) is 10.2. The maximum absolute atomic E-state index is 13.5. The fraction of sp³-hybridized carbons (Fsp3) is 0.0357. The fourth-order valence-corrected chi connectivity index (χ4v) is 3.40. The largest absolute Gasteiger partial charge is 0.489 e. The van der Waals surface area contributed by atoms with E-state index in [1.165, 1.54) is 12.1 Å². The van der Waals surface area contributed by atoms with Gasteiger partial charge in [-0.05, 0) is 35.9 Å². The second-order valence-corrected chi connectivity index (χ2v) is 7.09. The molecule has 0 aliphatic rings. The van der Waals surface area contributed by atoms with E-state index in [4.69, 9.17) is 14.1 Å². The highest BCUT2D eigenvalue weighted by Gasteiger charge is 2.12. The van der Waals surface area contributed by atoms with Gasteiger partial charge in [-0.1, -0.05) is 67.8 Å². The molecule has 0 aliphatic carbocycles. The zero-order valence-corrected chi connectivity index (χ0v) is 17.5. The number of furan rings is 1. The smallest absolute Gasteiger partial charge is 0.159 e. The van der Waals surface area contributed by atoms with Crippen molar-refractivity contribution < 1.29 is 13.5 Å². The zero-order valence-electron chi connectivity index (χ0n) is 17.5. The van der Waals surface area contributed by atoms with Crippen molar-refractivity contribution in [2.75, 3.05) is 0 Å². The molecule has 0 spiro atoms. The van der Waals surface area contributed by atoms with Gasteiger partial charge in [0.2, 0.25) is 0 Å². The predicted octanol–water partition coefficient (Wildman–Crippen LogP) is 7.57. The number of ether oxygens (including phenoxy) is 1. The monoisotopic (exact) mass is 423 g/mol. The van der Waals surface area contributed by atoms with Crippen molar-refractivity contribution in [2.24, 2.45) is 4.99 Å². The molecule has 158 valence electrons. The molecular weight excluding hydrogens is 401 g/mol. The number of nitrogens with zero attached hydrogens (tertiary/aromatic N) is 1. The molecule has 1 aromatic heterocycles. The minimum atomic E-state index is -0.337. The lowest BCUT2D eigenvalue weighted by Gasteiger charge is -2.11. The average molecular weight is 423 g/mol. The van der Waals surface area contributed by atoms with Crippen molar-refractivity contribution in [1.82, 2.24) is 0 Å². The van der Waals surface area contributed by atoms with Gasteiger partial charge >= 0.3 is 0 Å². The number of rotatable bonds is 8. The highest BCUT2D eigenvalue weighted by atomic mass is 19.1. The molecule has 0 amide bonds. The molecule has 3 nitrogen and oxygen atoms in total. The Kier molecular flexibility index (Phi) is 6.42. The van der Waals surface area contributed by atoms with Crippen LogP contribution in [-0.4, -0.2) is 5.71 Å². The Morgan fingerprint density at radius 2 is 1.84 bits per heavy atom. The molecule has 0 bridgehead atoms. The number of aliphatic imine (C=N–C) groups is 1. The van der Waals surface area contributed by atoms with Crippen molar-refractivity contribution in [3.05, 3.63) is 133 Å². The molecule has 3 aromatic carbocycles. The number of halogens is 1. The summed E-state index contributed by atoms with van der Waals surface area (Å²) < 4.78 is 25.0. The van der Waals surface area contributed by atoms with Gasteiger partial charge in [-0.15, -0.1) is 0 Å². The summed E-state index contributed by atoms with van der Waals surface area (Å²) in [5, 5.41) is 0.907. The first kappa shape index (κ1) is 21.1. The molecular formula is C28H22FNO2. The second kappa shape index (κ2) is 9.75. The van der Waals surface area contributed by atoms with Crippen molar-refractivity contribution in [3.63, 3.8) is 0 Å². The van der Waals surface area contributed by atoms with Crippen LogP contribution in [0.2, 0.25) is 0 Å². The molecule has 32 heavy (non-hydrogen) atoms. The molecule has 0 saturated carbocycles. The molecule has 0 atom stereocenters. The van der Waals surface area contributed by atoms with Gasteiger partial charge < -0.3 is 9.15 Å². The Bertz CT molecular complexity index is 1320. The third kappa shape index (κ3) is 4.76. The fourth-order valence-electron chi connectivity index (χ4n) is 3.40. The van der Waals surface area contributed by atoms with E-state index < -0.39 is 0 Å². The Morgan fingerprint density at radius 3 is 2.59 bits per heavy atom. The van der Waals surface area contributed by atoms with Gasteiger partial charge in [0, 0.05) is 22.6 Å². The Hall–Kier alpha value is -4.18. The minimum Gasteiger partial charge on any atom is -0.489 e. The summed E-state index contributed by atoms with van der Waals surface area (Å²) in [7, 11) is 0. The van der Waals surface area contributed by atoms with Crippen LogP contribution < -0.4 is 4.74 Å². The van der Waals surface area contributed by atoms with E-state index in [0.29, 0.717) is 17.0 Å². The average Bonchev–Trinajstić information content (AvgIpc) is 3.29. The van der Waals surface area contributed by atoms with Gasteiger partial charge in [-0.25, -0.2) is 9.38 Å². The van der Waals surface area contributed by atoms with Crippen LogP contribution in [-0.2, 0) is 6.61 Å². The molecule has 4 rings (SSSR count). The number of hydrogen-bond donors (Lipinski definition) is 0.